The topological polar surface area (TPSA) is 15.3 Å². The molecule has 0 aliphatic carbocycles. The van der Waals surface area contributed by atoms with E-state index in [1.807, 2.05) is 25.1 Å². The minimum absolute atomic E-state index is 0.741. The van der Waals surface area contributed by atoms with E-state index >= 15 is 0 Å². The molecule has 0 amide bonds. The van der Waals surface area contributed by atoms with Crippen LogP contribution in [0.4, 0.5) is 5.69 Å². The number of aryl methyl sites for hydroxylation is 1. The Morgan fingerprint density at radius 3 is 2.50 bits per heavy atom. The molecular formula is C12H17ClN2S. The minimum atomic E-state index is 0.741. The second-order valence-corrected chi connectivity index (χ2v) is 4.36. The normalized spacial score (nSPS) is 10.0. The van der Waals surface area contributed by atoms with Gasteiger partial charge in [0.1, 0.15) is 0 Å². The summed E-state index contributed by atoms with van der Waals surface area (Å²) in [4.78, 5) is 2.09. The number of benzene rings is 1. The first-order chi connectivity index (χ1) is 7.58. The van der Waals surface area contributed by atoms with Gasteiger partial charge in [-0.05, 0) is 50.7 Å². The van der Waals surface area contributed by atoms with Crippen molar-refractivity contribution in [3.63, 3.8) is 0 Å². The first-order valence-corrected chi connectivity index (χ1v) is 6.19. The van der Waals surface area contributed by atoms with E-state index in [0.717, 1.165) is 34.5 Å². The van der Waals surface area contributed by atoms with Crippen molar-refractivity contribution in [2.45, 2.75) is 20.8 Å². The molecule has 0 saturated heterocycles. The number of nitrogens with one attached hydrogen (secondary N) is 1. The number of halogens is 1. The summed E-state index contributed by atoms with van der Waals surface area (Å²) in [5.41, 5.74) is 2.01. The lowest BCUT2D eigenvalue weighted by Gasteiger charge is -2.22. The average molecular weight is 257 g/mol. The summed E-state index contributed by atoms with van der Waals surface area (Å²) < 4.78 is 0. The highest BCUT2D eigenvalue weighted by atomic mass is 35.5. The zero-order valence-corrected chi connectivity index (χ0v) is 11.5. The summed E-state index contributed by atoms with van der Waals surface area (Å²) in [6.07, 6.45) is 0. The standard InChI is InChI=1S/C12H17ClN2S/c1-4-15(5-2)12(16)14-10-7-6-9(3)11(13)8-10/h6-8H,4-5H2,1-3H3,(H,14,16). The van der Waals surface area contributed by atoms with Crippen molar-refractivity contribution in [2.24, 2.45) is 0 Å². The van der Waals surface area contributed by atoms with E-state index in [4.69, 9.17) is 23.8 Å². The molecule has 0 spiro atoms. The SMILES string of the molecule is CCN(CC)C(=S)Nc1ccc(C)c(Cl)c1. The van der Waals surface area contributed by atoms with Crippen molar-refractivity contribution >= 4 is 34.6 Å². The molecule has 1 aromatic carbocycles. The maximum absolute atomic E-state index is 6.05. The summed E-state index contributed by atoms with van der Waals surface area (Å²) >= 11 is 11.4. The number of hydrogen-bond acceptors (Lipinski definition) is 1. The molecule has 0 aliphatic heterocycles. The number of hydrogen-bond donors (Lipinski definition) is 1. The quantitative estimate of drug-likeness (QED) is 0.831. The van der Waals surface area contributed by atoms with Crippen LogP contribution < -0.4 is 5.32 Å². The minimum Gasteiger partial charge on any atom is -0.350 e. The van der Waals surface area contributed by atoms with Crippen LogP contribution in [0.15, 0.2) is 18.2 Å². The molecule has 16 heavy (non-hydrogen) atoms. The second kappa shape index (κ2) is 6.06. The van der Waals surface area contributed by atoms with Gasteiger partial charge in [0.2, 0.25) is 0 Å². The molecule has 4 heteroatoms. The third kappa shape index (κ3) is 3.35. The van der Waals surface area contributed by atoms with Crippen LogP contribution in [0.2, 0.25) is 5.02 Å². The highest BCUT2D eigenvalue weighted by Gasteiger charge is 2.05. The number of thiocarbonyl (C=S) groups is 1. The Kier molecular flexibility index (Phi) is 5.03. The highest BCUT2D eigenvalue weighted by molar-refractivity contribution is 7.80. The van der Waals surface area contributed by atoms with Crippen molar-refractivity contribution < 1.29 is 0 Å². The van der Waals surface area contributed by atoms with E-state index in [-0.39, 0.29) is 0 Å². The van der Waals surface area contributed by atoms with Gasteiger partial charge >= 0.3 is 0 Å². The molecule has 0 heterocycles. The summed E-state index contributed by atoms with van der Waals surface area (Å²) in [6, 6.07) is 5.86. The van der Waals surface area contributed by atoms with Crippen LogP contribution >= 0.6 is 23.8 Å². The first kappa shape index (κ1) is 13.3. The zero-order valence-electron chi connectivity index (χ0n) is 9.88. The lowest BCUT2D eigenvalue weighted by Crippen LogP contribution is -2.34. The van der Waals surface area contributed by atoms with Gasteiger partial charge in [0.15, 0.2) is 5.11 Å². The van der Waals surface area contributed by atoms with Crippen LogP contribution in [0.3, 0.4) is 0 Å². The number of nitrogens with zero attached hydrogens (tertiary/aromatic N) is 1. The molecule has 1 aromatic rings. The molecular weight excluding hydrogens is 240 g/mol. The molecule has 0 aromatic heterocycles. The maximum Gasteiger partial charge on any atom is 0.173 e. The van der Waals surface area contributed by atoms with Gasteiger partial charge in [0, 0.05) is 23.8 Å². The van der Waals surface area contributed by atoms with Crippen molar-refractivity contribution in [2.75, 3.05) is 18.4 Å². The predicted octanol–water partition coefficient (Wildman–Crippen LogP) is 3.69. The Bertz CT molecular complexity index is 375. The van der Waals surface area contributed by atoms with Crippen LogP contribution in [0, 0.1) is 6.92 Å². The molecule has 0 aliphatic rings. The van der Waals surface area contributed by atoms with E-state index in [1.165, 1.54) is 0 Å². The maximum atomic E-state index is 6.05. The van der Waals surface area contributed by atoms with Crippen LogP contribution in [0.5, 0.6) is 0 Å². The van der Waals surface area contributed by atoms with Gasteiger partial charge in [0.25, 0.3) is 0 Å². The molecule has 1 N–H and O–H groups in total. The third-order valence-electron chi connectivity index (χ3n) is 2.47. The second-order valence-electron chi connectivity index (χ2n) is 3.57. The molecule has 0 atom stereocenters. The van der Waals surface area contributed by atoms with E-state index in [2.05, 4.69) is 24.1 Å². The molecule has 0 unspecified atom stereocenters. The molecule has 0 fully saturated rings. The van der Waals surface area contributed by atoms with Gasteiger partial charge < -0.3 is 10.2 Å². The zero-order chi connectivity index (χ0) is 12.1. The first-order valence-electron chi connectivity index (χ1n) is 5.40. The Hall–Kier alpha value is -0.800. The Labute approximate surface area is 108 Å². The van der Waals surface area contributed by atoms with Crippen molar-refractivity contribution in [1.82, 2.24) is 4.90 Å². The van der Waals surface area contributed by atoms with Gasteiger partial charge in [-0.3, -0.25) is 0 Å². The van der Waals surface area contributed by atoms with Gasteiger partial charge in [0.05, 0.1) is 0 Å². The Balaban J connectivity index is 2.73. The fourth-order valence-electron chi connectivity index (χ4n) is 1.38. The van der Waals surface area contributed by atoms with Crippen LogP contribution in [-0.4, -0.2) is 23.1 Å². The van der Waals surface area contributed by atoms with E-state index in [1.54, 1.807) is 0 Å². The summed E-state index contributed by atoms with van der Waals surface area (Å²) in [5.74, 6) is 0. The molecule has 1 rings (SSSR count). The van der Waals surface area contributed by atoms with Crippen LogP contribution in [-0.2, 0) is 0 Å². The van der Waals surface area contributed by atoms with Crippen LogP contribution in [0.1, 0.15) is 19.4 Å². The van der Waals surface area contributed by atoms with E-state index < -0.39 is 0 Å². The monoisotopic (exact) mass is 256 g/mol. The molecule has 2 nitrogen and oxygen atoms in total. The lowest BCUT2D eigenvalue weighted by atomic mass is 10.2. The molecule has 0 bridgehead atoms. The van der Waals surface area contributed by atoms with Crippen molar-refractivity contribution in [1.29, 1.82) is 0 Å². The van der Waals surface area contributed by atoms with E-state index in [9.17, 15) is 0 Å². The molecule has 0 radical (unpaired) electrons. The Morgan fingerprint density at radius 2 is 2.00 bits per heavy atom. The van der Waals surface area contributed by atoms with Crippen molar-refractivity contribution in [3.8, 4) is 0 Å². The van der Waals surface area contributed by atoms with Gasteiger partial charge in [-0.15, -0.1) is 0 Å². The van der Waals surface area contributed by atoms with Gasteiger partial charge in [-0.2, -0.15) is 0 Å². The Morgan fingerprint density at radius 1 is 1.38 bits per heavy atom. The third-order valence-corrected chi connectivity index (χ3v) is 3.24. The summed E-state index contributed by atoms with van der Waals surface area (Å²) in [7, 11) is 0. The average Bonchev–Trinajstić information content (AvgIpc) is 2.25. The smallest absolute Gasteiger partial charge is 0.173 e. The fraction of sp³-hybridized carbons (Fsp3) is 0.417. The summed E-state index contributed by atoms with van der Waals surface area (Å²) in [5, 5.41) is 4.68. The molecule has 0 saturated carbocycles. The largest absolute Gasteiger partial charge is 0.350 e. The lowest BCUT2D eigenvalue weighted by molar-refractivity contribution is 0.473. The predicted molar refractivity (Wildman–Crippen MR) is 75.3 cm³/mol. The van der Waals surface area contributed by atoms with Gasteiger partial charge in [-0.25, -0.2) is 0 Å². The molecule has 88 valence electrons. The fourth-order valence-corrected chi connectivity index (χ4v) is 1.94. The van der Waals surface area contributed by atoms with Gasteiger partial charge in [-0.1, -0.05) is 17.7 Å². The van der Waals surface area contributed by atoms with Crippen LogP contribution in [0.25, 0.3) is 0 Å². The van der Waals surface area contributed by atoms with Crippen molar-refractivity contribution in [3.05, 3.63) is 28.8 Å². The summed E-state index contributed by atoms with van der Waals surface area (Å²) in [6.45, 7) is 7.96. The number of rotatable bonds is 3. The highest BCUT2D eigenvalue weighted by Crippen LogP contribution is 2.20. The van der Waals surface area contributed by atoms with E-state index in [0.29, 0.717) is 0 Å². The number of anilines is 1.